The zero-order valence-electron chi connectivity index (χ0n) is 8.73. The van der Waals surface area contributed by atoms with Crippen molar-refractivity contribution in [3.8, 4) is 0 Å². The molecular formula is C13H16O. The molecule has 0 unspecified atom stereocenters. The number of hydrogen-bond acceptors (Lipinski definition) is 1. The molecule has 0 heterocycles. The third-order valence-electron chi connectivity index (χ3n) is 2.16. The summed E-state index contributed by atoms with van der Waals surface area (Å²) in [7, 11) is 0. The van der Waals surface area contributed by atoms with E-state index in [1.807, 2.05) is 24.3 Å². The van der Waals surface area contributed by atoms with Gasteiger partial charge >= 0.3 is 0 Å². The highest BCUT2D eigenvalue weighted by atomic mass is 16.1. The quantitative estimate of drug-likeness (QED) is 0.662. The number of carbonyl (C=O) groups excluding carboxylic acids is 1. The Morgan fingerprint density at radius 3 is 2.57 bits per heavy atom. The maximum Gasteiger partial charge on any atom is 0.133 e. The molecule has 0 bridgehead atoms. The van der Waals surface area contributed by atoms with E-state index in [2.05, 4.69) is 25.1 Å². The lowest BCUT2D eigenvalue weighted by atomic mass is 10.0. The van der Waals surface area contributed by atoms with Crippen LogP contribution in [0.15, 0.2) is 42.5 Å². The first-order chi connectivity index (χ1) is 6.70. The van der Waals surface area contributed by atoms with Crippen molar-refractivity contribution in [1.29, 1.82) is 0 Å². The molecule has 0 saturated carbocycles. The predicted molar refractivity (Wildman–Crippen MR) is 59.3 cm³/mol. The maximum absolute atomic E-state index is 10.7. The van der Waals surface area contributed by atoms with E-state index in [1.54, 1.807) is 6.92 Å². The summed E-state index contributed by atoms with van der Waals surface area (Å²) in [4.78, 5) is 10.7. The second kappa shape index (κ2) is 5.38. The normalized spacial score (nSPS) is 13.0. The molecule has 1 aromatic carbocycles. The zero-order valence-corrected chi connectivity index (χ0v) is 8.73. The highest BCUT2D eigenvalue weighted by molar-refractivity contribution is 5.76. The highest BCUT2D eigenvalue weighted by Gasteiger charge is 1.98. The first-order valence-corrected chi connectivity index (χ1v) is 4.91. The zero-order chi connectivity index (χ0) is 10.4. The predicted octanol–water partition coefficient (Wildman–Crippen LogP) is 3.33. The smallest absolute Gasteiger partial charge is 0.133 e. The molecule has 0 aromatic heterocycles. The Hall–Kier alpha value is -1.37. The van der Waals surface area contributed by atoms with Crippen molar-refractivity contribution in [2.75, 3.05) is 0 Å². The van der Waals surface area contributed by atoms with E-state index in [4.69, 9.17) is 0 Å². The number of allylic oxidation sites excluding steroid dienone is 2. The molecule has 74 valence electrons. The molecule has 0 aliphatic rings. The minimum Gasteiger partial charge on any atom is -0.300 e. The largest absolute Gasteiger partial charge is 0.300 e. The molecule has 1 heteroatoms. The third-order valence-corrected chi connectivity index (χ3v) is 2.16. The highest BCUT2D eigenvalue weighted by Crippen LogP contribution is 2.15. The van der Waals surface area contributed by atoms with Gasteiger partial charge in [0.1, 0.15) is 5.78 Å². The number of benzene rings is 1. The van der Waals surface area contributed by atoms with Gasteiger partial charge in [-0.3, -0.25) is 4.79 Å². The number of Topliss-reactive ketones (excluding diaryl/α,β-unsaturated/α-hetero) is 1. The standard InChI is InChI=1S/C13H16O/c1-11(7-6-8-12(2)14)13-9-4-3-5-10-13/h3-7,9-11H,8H2,1-2H3/b7-6+/t11-/m0/s1. The van der Waals surface area contributed by atoms with Crippen molar-refractivity contribution < 1.29 is 4.79 Å². The van der Waals surface area contributed by atoms with Gasteiger partial charge in [-0.25, -0.2) is 0 Å². The van der Waals surface area contributed by atoms with E-state index >= 15 is 0 Å². The molecule has 1 rings (SSSR count). The molecular weight excluding hydrogens is 172 g/mol. The van der Waals surface area contributed by atoms with E-state index in [1.165, 1.54) is 5.56 Å². The lowest BCUT2D eigenvalue weighted by Crippen LogP contribution is -1.89. The van der Waals surface area contributed by atoms with Crippen molar-refractivity contribution in [3.63, 3.8) is 0 Å². The van der Waals surface area contributed by atoms with Crippen molar-refractivity contribution in [3.05, 3.63) is 48.0 Å². The van der Waals surface area contributed by atoms with Crippen molar-refractivity contribution in [2.45, 2.75) is 26.2 Å². The van der Waals surface area contributed by atoms with Crippen LogP contribution in [-0.4, -0.2) is 5.78 Å². The van der Waals surface area contributed by atoms with Crippen LogP contribution < -0.4 is 0 Å². The summed E-state index contributed by atoms with van der Waals surface area (Å²) in [5, 5.41) is 0. The Kier molecular flexibility index (Phi) is 4.11. The van der Waals surface area contributed by atoms with Crippen LogP contribution in [0.1, 0.15) is 31.7 Å². The molecule has 0 radical (unpaired) electrons. The van der Waals surface area contributed by atoms with Crippen LogP contribution in [0, 0.1) is 0 Å². The number of rotatable bonds is 4. The summed E-state index contributed by atoms with van der Waals surface area (Å²) in [5.41, 5.74) is 1.28. The van der Waals surface area contributed by atoms with Crippen LogP contribution in [0.3, 0.4) is 0 Å². The van der Waals surface area contributed by atoms with E-state index in [0.29, 0.717) is 12.3 Å². The minimum atomic E-state index is 0.210. The number of ketones is 1. The lowest BCUT2D eigenvalue weighted by molar-refractivity contribution is -0.116. The number of hydrogen-bond donors (Lipinski definition) is 0. The van der Waals surface area contributed by atoms with Gasteiger partial charge in [0.25, 0.3) is 0 Å². The van der Waals surface area contributed by atoms with Crippen molar-refractivity contribution in [2.24, 2.45) is 0 Å². The van der Waals surface area contributed by atoms with Crippen LogP contribution in [0.5, 0.6) is 0 Å². The van der Waals surface area contributed by atoms with Crippen LogP contribution in [-0.2, 0) is 4.79 Å². The average molecular weight is 188 g/mol. The Morgan fingerprint density at radius 2 is 2.00 bits per heavy atom. The Balaban J connectivity index is 2.54. The maximum atomic E-state index is 10.7. The van der Waals surface area contributed by atoms with Gasteiger partial charge in [0.15, 0.2) is 0 Å². The van der Waals surface area contributed by atoms with Crippen LogP contribution in [0.4, 0.5) is 0 Å². The summed E-state index contributed by atoms with van der Waals surface area (Å²) in [6, 6.07) is 10.3. The first kappa shape index (κ1) is 10.7. The molecule has 0 amide bonds. The Morgan fingerprint density at radius 1 is 1.36 bits per heavy atom. The molecule has 0 N–H and O–H groups in total. The summed E-state index contributed by atoms with van der Waals surface area (Å²) in [6.45, 7) is 3.74. The lowest BCUT2D eigenvalue weighted by Gasteiger charge is -2.05. The van der Waals surface area contributed by atoms with Gasteiger partial charge in [-0.05, 0) is 18.4 Å². The van der Waals surface area contributed by atoms with Crippen molar-refractivity contribution >= 4 is 5.78 Å². The van der Waals surface area contributed by atoms with E-state index < -0.39 is 0 Å². The molecule has 0 saturated heterocycles. The summed E-state index contributed by atoms with van der Waals surface area (Å²) >= 11 is 0. The second-order valence-electron chi connectivity index (χ2n) is 3.53. The fourth-order valence-corrected chi connectivity index (χ4v) is 1.31. The topological polar surface area (TPSA) is 17.1 Å². The summed E-state index contributed by atoms with van der Waals surface area (Å²) < 4.78 is 0. The Labute approximate surface area is 85.5 Å². The first-order valence-electron chi connectivity index (χ1n) is 4.91. The van der Waals surface area contributed by atoms with Gasteiger partial charge in [0, 0.05) is 6.42 Å². The van der Waals surface area contributed by atoms with Gasteiger partial charge < -0.3 is 0 Å². The van der Waals surface area contributed by atoms with E-state index in [0.717, 1.165) is 0 Å². The molecule has 1 nitrogen and oxygen atoms in total. The van der Waals surface area contributed by atoms with Gasteiger partial charge in [0.05, 0.1) is 0 Å². The van der Waals surface area contributed by atoms with Gasteiger partial charge in [-0.1, -0.05) is 49.4 Å². The van der Waals surface area contributed by atoms with Crippen molar-refractivity contribution in [1.82, 2.24) is 0 Å². The fraction of sp³-hybridized carbons (Fsp3) is 0.308. The van der Waals surface area contributed by atoms with Gasteiger partial charge in [0.2, 0.25) is 0 Å². The van der Waals surface area contributed by atoms with Crippen LogP contribution in [0.25, 0.3) is 0 Å². The summed E-state index contributed by atoms with van der Waals surface area (Å²) in [6.07, 6.45) is 4.56. The fourth-order valence-electron chi connectivity index (χ4n) is 1.31. The van der Waals surface area contributed by atoms with Gasteiger partial charge in [-0.2, -0.15) is 0 Å². The van der Waals surface area contributed by atoms with Gasteiger partial charge in [-0.15, -0.1) is 0 Å². The van der Waals surface area contributed by atoms with E-state index in [-0.39, 0.29) is 5.78 Å². The molecule has 14 heavy (non-hydrogen) atoms. The van der Waals surface area contributed by atoms with E-state index in [9.17, 15) is 4.79 Å². The SMILES string of the molecule is CC(=O)C/C=C/[C@H](C)c1ccccc1. The molecule has 1 atom stereocenters. The summed E-state index contributed by atoms with van der Waals surface area (Å²) in [5.74, 6) is 0.595. The molecule has 0 spiro atoms. The molecule has 1 aromatic rings. The molecule has 0 fully saturated rings. The second-order valence-corrected chi connectivity index (χ2v) is 3.53. The molecule has 0 aliphatic heterocycles. The monoisotopic (exact) mass is 188 g/mol. The Bertz CT molecular complexity index is 311. The number of carbonyl (C=O) groups is 1. The van der Waals surface area contributed by atoms with Crippen LogP contribution >= 0.6 is 0 Å². The van der Waals surface area contributed by atoms with Crippen LogP contribution in [0.2, 0.25) is 0 Å². The molecule has 0 aliphatic carbocycles. The third kappa shape index (κ3) is 3.56. The minimum absolute atomic E-state index is 0.210. The average Bonchev–Trinajstić information content (AvgIpc) is 2.18.